The first-order valence-corrected chi connectivity index (χ1v) is 11.1. The van der Waals surface area contributed by atoms with Crippen LogP contribution in [0.3, 0.4) is 0 Å². The number of imidazole rings is 2. The Balaban J connectivity index is 1.23. The van der Waals surface area contributed by atoms with Crippen LogP contribution < -0.4 is 11.5 Å². The number of hydrogen-bond acceptors (Lipinski definition) is 6. The van der Waals surface area contributed by atoms with Gasteiger partial charge in [-0.25, -0.2) is 9.97 Å². The van der Waals surface area contributed by atoms with E-state index in [1.807, 2.05) is 59.9 Å². The first-order chi connectivity index (χ1) is 13.2. The second kappa shape index (κ2) is 8.14. The van der Waals surface area contributed by atoms with Crippen molar-refractivity contribution in [1.29, 1.82) is 0 Å². The molecule has 0 aliphatic rings. The van der Waals surface area contributed by atoms with Crippen molar-refractivity contribution in [1.82, 2.24) is 19.1 Å². The Morgan fingerprint density at radius 1 is 0.704 bits per heavy atom. The summed E-state index contributed by atoms with van der Waals surface area (Å²) in [5, 5.41) is 1.04. The topological polar surface area (TPSA) is 87.7 Å². The van der Waals surface area contributed by atoms with E-state index in [1.54, 1.807) is 0 Å². The number of nitrogens with zero attached hydrogens (tertiary/aromatic N) is 4. The minimum absolute atomic E-state index is 0.590. The van der Waals surface area contributed by atoms with Gasteiger partial charge in [0.05, 0.1) is 22.1 Å². The molecule has 0 radical (unpaired) electrons. The van der Waals surface area contributed by atoms with Crippen molar-refractivity contribution >= 4 is 57.5 Å². The number of benzene rings is 2. The summed E-state index contributed by atoms with van der Waals surface area (Å²) in [6, 6.07) is 16.1. The van der Waals surface area contributed by atoms with Gasteiger partial charge < -0.3 is 20.6 Å². The number of aromatic nitrogens is 4. The molecule has 27 heavy (non-hydrogen) atoms. The molecule has 2 aromatic heterocycles. The Morgan fingerprint density at radius 3 is 1.63 bits per heavy atom. The van der Waals surface area contributed by atoms with Crippen molar-refractivity contribution in [2.45, 2.75) is 13.1 Å². The molecule has 0 spiro atoms. The monoisotopic (exact) mass is 398 g/mol. The highest BCUT2D eigenvalue weighted by atomic mass is 32.2. The zero-order valence-electron chi connectivity index (χ0n) is 14.9. The number of hydrogen-bond donors (Lipinski definition) is 2. The molecule has 0 aliphatic heterocycles. The van der Waals surface area contributed by atoms with Crippen LogP contribution in [0.15, 0.2) is 48.5 Å². The van der Waals surface area contributed by atoms with Crippen LogP contribution in [0, 0.1) is 0 Å². The Bertz CT molecular complexity index is 971. The SMILES string of the molecule is Nc1nc2ccccc2n1CCSCSCCn1c(N)nc2ccccc21. The predicted octanol–water partition coefficient (Wildman–Crippen LogP) is 3.67. The lowest BCUT2D eigenvalue weighted by atomic mass is 10.3. The van der Waals surface area contributed by atoms with E-state index in [4.69, 9.17) is 11.5 Å². The maximum Gasteiger partial charge on any atom is 0.201 e. The Kier molecular flexibility index (Phi) is 5.45. The number of thioether (sulfide) groups is 2. The highest BCUT2D eigenvalue weighted by Crippen LogP contribution is 2.21. The molecule has 0 saturated carbocycles. The second-order valence-electron chi connectivity index (χ2n) is 6.16. The number of nitrogen functional groups attached to an aromatic ring is 2. The molecule has 0 atom stereocenters. The minimum atomic E-state index is 0.590. The van der Waals surface area contributed by atoms with E-state index in [0.29, 0.717) is 11.9 Å². The molecule has 4 N–H and O–H groups in total. The molecule has 4 aromatic rings. The van der Waals surface area contributed by atoms with Crippen molar-refractivity contribution in [2.75, 3.05) is 28.1 Å². The first kappa shape index (κ1) is 18.1. The van der Waals surface area contributed by atoms with Gasteiger partial charge >= 0.3 is 0 Å². The van der Waals surface area contributed by atoms with Gasteiger partial charge in [-0.15, -0.1) is 23.5 Å². The fourth-order valence-electron chi connectivity index (χ4n) is 3.15. The molecular weight excluding hydrogens is 376 g/mol. The highest BCUT2D eigenvalue weighted by molar-refractivity contribution is 8.15. The molecular formula is C19H22N6S2. The van der Waals surface area contributed by atoms with E-state index < -0.39 is 0 Å². The van der Waals surface area contributed by atoms with Crippen LogP contribution in [0.25, 0.3) is 22.1 Å². The second-order valence-corrected chi connectivity index (χ2v) is 8.73. The van der Waals surface area contributed by atoms with Crippen LogP contribution in [0.2, 0.25) is 0 Å². The number of aryl methyl sites for hydroxylation is 2. The first-order valence-electron chi connectivity index (χ1n) is 8.81. The van der Waals surface area contributed by atoms with Crippen molar-refractivity contribution in [3.8, 4) is 0 Å². The zero-order valence-corrected chi connectivity index (χ0v) is 16.5. The summed E-state index contributed by atoms with van der Waals surface area (Å²) < 4.78 is 4.18. The largest absolute Gasteiger partial charge is 0.369 e. The van der Waals surface area contributed by atoms with Gasteiger partial charge in [-0.3, -0.25) is 0 Å². The van der Waals surface area contributed by atoms with Crippen LogP contribution in [0.1, 0.15) is 0 Å². The van der Waals surface area contributed by atoms with Gasteiger partial charge in [0, 0.05) is 29.7 Å². The summed E-state index contributed by atoms with van der Waals surface area (Å²) in [7, 11) is 0. The van der Waals surface area contributed by atoms with Gasteiger partial charge in [0.1, 0.15) is 0 Å². The molecule has 2 aromatic carbocycles. The summed E-state index contributed by atoms with van der Waals surface area (Å²) in [6.07, 6.45) is 0. The normalized spacial score (nSPS) is 11.6. The molecule has 6 nitrogen and oxygen atoms in total. The lowest BCUT2D eigenvalue weighted by molar-refractivity contribution is 0.809. The number of anilines is 2. The minimum Gasteiger partial charge on any atom is -0.369 e. The van der Waals surface area contributed by atoms with E-state index >= 15 is 0 Å². The summed E-state index contributed by atoms with van der Waals surface area (Å²) in [6.45, 7) is 1.74. The zero-order chi connectivity index (χ0) is 18.6. The number of rotatable bonds is 8. The summed E-state index contributed by atoms with van der Waals surface area (Å²) in [5.41, 5.74) is 16.2. The Labute approximate surface area is 166 Å². The molecule has 0 amide bonds. The van der Waals surface area contributed by atoms with E-state index in [-0.39, 0.29) is 0 Å². The molecule has 0 saturated heterocycles. The van der Waals surface area contributed by atoms with Crippen molar-refractivity contribution < 1.29 is 0 Å². The standard InChI is InChI=1S/C19H22N6S2/c20-18-22-14-5-1-3-7-16(14)24(18)9-11-26-13-27-12-10-25-17-8-4-2-6-15(17)23-19(25)21/h1-8H,9-13H2,(H2,20,22)(H2,21,23). The summed E-state index contributed by atoms with van der Waals surface area (Å²) in [4.78, 5) is 8.82. The van der Waals surface area contributed by atoms with Gasteiger partial charge in [0.25, 0.3) is 0 Å². The van der Waals surface area contributed by atoms with Gasteiger partial charge in [0.2, 0.25) is 11.9 Å². The number of para-hydroxylation sites is 4. The fraction of sp³-hybridized carbons (Fsp3) is 0.263. The molecule has 4 rings (SSSR count). The summed E-state index contributed by atoms with van der Waals surface area (Å²) >= 11 is 3.83. The maximum atomic E-state index is 6.05. The van der Waals surface area contributed by atoms with Crippen LogP contribution in [-0.2, 0) is 13.1 Å². The molecule has 2 heterocycles. The quantitative estimate of drug-likeness (QED) is 0.348. The average molecular weight is 399 g/mol. The predicted molar refractivity (Wildman–Crippen MR) is 118 cm³/mol. The molecule has 140 valence electrons. The molecule has 0 bridgehead atoms. The number of fused-ring (bicyclic) bond motifs is 2. The third-order valence-corrected chi connectivity index (χ3v) is 6.73. The van der Waals surface area contributed by atoms with E-state index in [9.17, 15) is 0 Å². The van der Waals surface area contributed by atoms with Gasteiger partial charge in [0.15, 0.2) is 0 Å². The third-order valence-electron chi connectivity index (χ3n) is 4.45. The van der Waals surface area contributed by atoms with Crippen LogP contribution in [-0.4, -0.2) is 35.7 Å². The van der Waals surface area contributed by atoms with Crippen LogP contribution >= 0.6 is 23.5 Å². The van der Waals surface area contributed by atoms with Gasteiger partial charge in [-0.1, -0.05) is 24.3 Å². The Hall–Kier alpha value is -2.32. The average Bonchev–Trinajstić information content (AvgIpc) is 3.17. The molecule has 0 unspecified atom stereocenters. The highest BCUT2D eigenvalue weighted by Gasteiger charge is 2.08. The van der Waals surface area contributed by atoms with Gasteiger partial charge in [-0.2, -0.15) is 0 Å². The summed E-state index contributed by atoms with van der Waals surface area (Å²) in [5.74, 6) is 3.19. The van der Waals surface area contributed by atoms with Crippen molar-refractivity contribution in [2.24, 2.45) is 0 Å². The smallest absolute Gasteiger partial charge is 0.201 e. The fourth-order valence-corrected chi connectivity index (χ4v) is 5.18. The lowest BCUT2D eigenvalue weighted by Gasteiger charge is -2.08. The van der Waals surface area contributed by atoms with Crippen LogP contribution in [0.5, 0.6) is 0 Å². The van der Waals surface area contributed by atoms with Crippen LogP contribution in [0.4, 0.5) is 11.9 Å². The van der Waals surface area contributed by atoms with Gasteiger partial charge in [-0.05, 0) is 24.3 Å². The molecule has 8 heteroatoms. The number of nitrogens with two attached hydrogens (primary N) is 2. The van der Waals surface area contributed by atoms with E-state index in [1.165, 1.54) is 0 Å². The Morgan fingerprint density at radius 2 is 1.15 bits per heavy atom. The van der Waals surface area contributed by atoms with Crippen molar-refractivity contribution in [3.63, 3.8) is 0 Å². The van der Waals surface area contributed by atoms with Crippen molar-refractivity contribution in [3.05, 3.63) is 48.5 Å². The maximum absolute atomic E-state index is 6.05. The van der Waals surface area contributed by atoms with E-state index in [2.05, 4.69) is 31.2 Å². The molecule has 0 aliphatic carbocycles. The molecule has 0 fully saturated rings. The van der Waals surface area contributed by atoms with E-state index in [0.717, 1.165) is 51.7 Å². The lowest BCUT2D eigenvalue weighted by Crippen LogP contribution is -2.06. The third kappa shape index (κ3) is 3.86.